The average Bonchev–Trinajstić information content (AvgIpc) is 3.87. The topological polar surface area (TPSA) is 25.8 Å². The van der Waals surface area contributed by atoms with E-state index in [1.807, 2.05) is 0 Å². The highest BCUT2D eigenvalue weighted by atomic mass is 32.1. The number of fused-ring (bicyclic) bond motifs is 7. The van der Waals surface area contributed by atoms with Crippen LogP contribution in [0.3, 0.4) is 0 Å². The quantitative estimate of drug-likeness (QED) is 0.114. The molecule has 1 heterocycles. The molecule has 0 saturated carbocycles. The van der Waals surface area contributed by atoms with Gasteiger partial charge >= 0.3 is 0 Å². The van der Waals surface area contributed by atoms with Crippen molar-refractivity contribution in [1.82, 2.24) is 8.75 Å². The number of rotatable bonds is 14. The molecular formula is C48H52N2S. The van der Waals surface area contributed by atoms with Crippen molar-refractivity contribution >= 4 is 22.8 Å². The first-order chi connectivity index (χ1) is 25.1. The monoisotopic (exact) mass is 688 g/mol. The predicted molar refractivity (Wildman–Crippen MR) is 219 cm³/mol. The highest BCUT2D eigenvalue weighted by Crippen LogP contribution is 2.51. The van der Waals surface area contributed by atoms with E-state index in [0.717, 1.165) is 22.9 Å². The van der Waals surface area contributed by atoms with Crippen molar-refractivity contribution in [3.8, 4) is 44.5 Å². The fraction of sp³-hybridized carbons (Fsp3) is 0.375. The van der Waals surface area contributed by atoms with E-state index in [9.17, 15) is 0 Å². The molecule has 0 aliphatic heterocycles. The molecule has 1 aromatic heterocycles. The van der Waals surface area contributed by atoms with E-state index in [1.165, 1.54) is 143 Å². The molecule has 2 aliphatic rings. The highest BCUT2D eigenvalue weighted by Gasteiger charge is 2.32. The van der Waals surface area contributed by atoms with E-state index < -0.39 is 0 Å². The first-order valence-electron chi connectivity index (χ1n) is 19.9. The number of nitrogens with zero attached hydrogens (tertiary/aromatic N) is 2. The number of benzene rings is 5. The van der Waals surface area contributed by atoms with E-state index in [0.29, 0.717) is 11.8 Å². The van der Waals surface area contributed by atoms with Crippen LogP contribution in [0.1, 0.15) is 126 Å². The summed E-state index contributed by atoms with van der Waals surface area (Å²) in [5, 5.41) is 0. The van der Waals surface area contributed by atoms with Crippen molar-refractivity contribution in [3.63, 3.8) is 0 Å². The van der Waals surface area contributed by atoms with Crippen molar-refractivity contribution in [2.45, 2.75) is 104 Å². The summed E-state index contributed by atoms with van der Waals surface area (Å²) in [4.78, 5) is 0. The highest BCUT2D eigenvalue weighted by molar-refractivity contribution is 7.00. The third kappa shape index (κ3) is 6.26. The Bertz CT molecular complexity index is 2010. The normalized spacial score (nSPS) is 16.9. The van der Waals surface area contributed by atoms with E-state index in [4.69, 9.17) is 8.75 Å². The van der Waals surface area contributed by atoms with Gasteiger partial charge in [-0.15, -0.1) is 0 Å². The van der Waals surface area contributed by atoms with Crippen LogP contribution in [-0.4, -0.2) is 8.75 Å². The molecule has 0 amide bonds. The van der Waals surface area contributed by atoms with Crippen molar-refractivity contribution in [1.29, 1.82) is 0 Å². The Balaban J connectivity index is 1.16. The Kier molecular flexibility index (Phi) is 9.93. The molecule has 5 aromatic carbocycles. The number of hydrogen-bond acceptors (Lipinski definition) is 3. The van der Waals surface area contributed by atoms with Crippen LogP contribution in [-0.2, 0) is 0 Å². The largest absolute Gasteiger partial charge is 0.172 e. The summed E-state index contributed by atoms with van der Waals surface area (Å²) in [6.45, 7) is 9.38. The first kappa shape index (κ1) is 34.0. The molecule has 0 spiro atoms. The van der Waals surface area contributed by atoms with Gasteiger partial charge in [-0.3, -0.25) is 0 Å². The number of aromatic nitrogens is 2. The summed E-state index contributed by atoms with van der Waals surface area (Å²) in [5.74, 6) is 2.38. The van der Waals surface area contributed by atoms with Gasteiger partial charge in [-0.25, -0.2) is 0 Å². The first-order valence-corrected chi connectivity index (χ1v) is 20.6. The molecule has 51 heavy (non-hydrogen) atoms. The minimum atomic E-state index is 0.444. The van der Waals surface area contributed by atoms with Crippen molar-refractivity contribution in [2.75, 3.05) is 0 Å². The molecule has 0 fully saturated rings. The van der Waals surface area contributed by atoms with Gasteiger partial charge < -0.3 is 0 Å². The summed E-state index contributed by atoms with van der Waals surface area (Å²) in [6, 6.07) is 37.2. The fourth-order valence-electron chi connectivity index (χ4n) is 9.42. The van der Waals surface area contributed by atoms with Crippen LogP contribution in [0.5, 0.6) is 0 Å². The zero-order valence-electron chi connectivity index (χ0n) is 30.9. The zero-order valence-corrected chi connectivity index (χ0v) is 31.7. The van der Waals surface area contributed by atoms with Crippen LogP contribution in [0.25, 0.3) is 55.5 Å². The van der Waals surface area contributed by atoms with Crippen molar-refractivity contribution in [2.24, 2.45) is 11.8 Å². The molecule has 260 valence electrons. The molecule has 0 N–H and O–H groups in total. The van der Waals surface area contributed by atoms with Gasteiger partial charge in [0.2, 0.25) is 0 Å². The third-order valence-electron chi connectivity index (χ3n) is 12.4. The van der Waals surface area contributed by atoms with Crippen LogP contribution >= 0.6 is 11.7 Å². The fourth-order valence-corrected chi connectivity index (χ4v) is 10.00. The average molecular weight is 689 g/mol. The maximum Gasteiger partial charge on any atom is 0.113 e. The molecule has 4 unspecified atom stereocenters. The minimum absolute atomic E-state index is 0.444. The number of unbranched alkanes of at least 4 members (excludes halogenated alkanes) is 2. The molecule has 2 aliphatic carbocycles. The molecule has 0 bridgehead atoms. The van der Waals surface area contributed by atoms with Gasteiger partial charge in [0.05, 0.1) is 11.7 Å². The standard InChI is InChI=1S/C48H52N2S/c1-5-9-15-31(7-3)27-43-39-19-13-11-17-37(39)41-23-21-33(29-45(41)43)35-25-26-36(48-47(35)49-51-50-48)34-22-24-42-38-18-12-14-20-40(38)44(46(42)30-34)28-32(8-4)16-10-6-2/h11-14,17-26,29-32,43-44H,5-10,15-16,27-28H2,1-4H3. The van der Waals surface area contributed by atoms with E-state index >= 15 is 0 Å². The van der Waals surface area contributed by atoms with Gasteiger partial charge in [0.15, 0.2) is 0 Å². The molecule has 8 rings (SSSR count). The second kappa shape index (κ2) is 14.9. The second-order valence-corrected chi connectivity index (χ2v) is 15.8. The van der Waals surface area contributed by atoms with Crippen LogP contribution in [0.2, 0.25) is 0 Å². The lowest BCUT2D eigenvalue weighted by molar-refractivity contribution is 0.404. The lowest BCUT2D eigenvalue weighted by atomic mass is 9.83. The van der Waals surface area contributed by atoms with E-state index in [1.54, 1.807) is 0 Å². The van der Waals surface area contributed by atoms with Gasteiger partial charge in [0.25, 0.3) is 0 Å². The van der Waals surface area contributed by atoms with Crippen molar-refractivity contribution < 1.29 is 0 Å². The SMILES string of the molecule is CCCCC(CC)CC1c2ccccc2-c2ccc(-c3ccc(-c4ccc5c(c4)C(CC(CC)CCCC)c4ccccc4-5)c4nsnc34)cc21. The maximum absolute atomic E-state index is 4.96. The maximum atomic E-state index is 4.96. The van der Waals surface area contributed by atoms with Crippen LogP contribution in [0.15, 0.2) is 97.1 Å². The summed E-state index contributed by atoms with van der Waals surface area (Å²) >= 11 is 1.34. The van der Waals surface area contributed by atoms with Crippen molar-refractivity contribution in [3.05, 3.63) is 119 Å². The zero-order chi connectivity index (χ0) is 34.9. The Hall–Kier alpha value is -4.08. The predicted octanol–water partition coefficient (Wildman–Crippen LogP) is 14.5. The lowest BCUT2D eigenvalue weighted by Gasteiger charge is -2.22. The third-order valence-corrected chi connectivity index (χ3v) is 12.9. The van der Waals surface area contributed by atoms with Crippen LogP contribution < -0.4 is 0 Å². The van der Waals surface area contributed by atoms with Gasteiger partial charge in [0, 0.05) is 23.0 Å². The Labute approximate surface area is 309 Å². The molecule has 0 radical (unpaired) electrons. The summed E-state index contributed by atoms with van der Waals surface area (Å²) in [7, 11) is 0. The summed E-state index contributed by atoms with van der Waals surface area (Å²) in [6.07, 6.45) is 12.7. The van der Waals surface area contributed by atoms with E-state index in [-0.39, 0.29) is 0 Å². The second-order valence-electron chi connectivity index (χ2n) is 15.3. The summed E-state index contributed by atoms with van der Waals surface area (Å²) in [5.41, 5.74) is 18.5. The van der Waals surface area contributed by atoms with E-state index in [2.05, 4.69) is 125 Å². The Morgan fingerprint density at radius 1 is 0.490 bits per heavy atom. The lowest BCUT2D eigenvalue weighted by Crippen LogP contribution is -2.07. The van der Waals surface area contributed by atoms with Gasteiger partial charge in [-0.2, -0.15) is 8.75 Å². The van der Waals surface area contributed by atoms with Gasteiger partial charge in [0.1, 0.15) is 11.0 Å². The smallest absolute Gasteiger partial charge is 0.113 e. The molecule has 4 atom stereocenters. The summed E-state index contributed by atoms with van der Waals surface area (Å²) < 4.78 is 9.92. The number of hydrogen-bond donors (Lipinski definition) is 0. The molecular weight excluding hydrogens is 637 g/mol. The Morgan fingerprint density at radius 3 is 1.33 bits per heavy atom. The van der Waals surface area contributed by atoms with Crippen LogP contribution in [0, 0.1) is 11.8 Å². The molecule has 6 aromatic rings. The van der Waals surface area contributed by atoms with Gasteiger partial charge in [-0.05, 0) is 92.4 Å². The Morgan fingerprint density at radius 2 is 0.902 bits per heavy atom. The van der Waals surface area contributed by atoms with Gasteiger partial charge in [-0.1, -0.05) is 164 Å². The molecule has 3 heteroatoms. The minimum Gasteiger partial charge on any atom is -0.172 e. The molecule has 2 nitrogen and oxygen atoms in total. The van der Waals surface area contributed by atoms with Crippen LogP contribution in [0.4, 0.5) is 0 Å². The molecule has 0 saturated heterocycles.